The first-order valence-electron chi connectivity index (χ1n) is 5.94. The highest BCUT2D eigenvalue weighted by molar-refractivity contribution is 7.85. The van der Waals surface area contributed by atoms with Crippen molar-refractivity contribution in [2.45, 2.75) is 31.5 Å². The van der Waals surface area contributed by atoms with Crippen molar-refractivity contribution < 1.29 is 13.7 Å². The summed E-state index contributed by atoms with van der Waals surface area (Å²) in [6, 6.07) is 9.48. The van der Waals surface area contributed by atoms with Gasteiger partial charge in [-0.05, 0) is 26.0 Å². The molecule has 0 fully saturated rings. The average molecular weight is 256 g/mol. The zero-order chi connectivity index (χ0) is 12.5. The van der Waals surface area contributed by atoms with Crippen molar-refractivity contribution in [3.8, 4) is 0 Å². The largest absolute Gasteiger partial charge is 0.353 e. The molecule has 0 bridgehead atoms. The highest BCUT2D eigenvalue weighted by Crippen LogP contribution is 2.09. The molecule has 0 spiro atoms. The van der Waals surface area contributed by atoms with Gasteiger partial charge in [0.05, 0.1) is 10.8 Å². The van der Waals surface area contributed by atoms with Gasteiger partial charge in [0, 0.05) is 30.3 Å². The summed E-state index contributed by atoms with van der Waals surface area (Å²) in [7, 11) is -0.971. The van der Waals surface area contributed by atoms with Crippen molar-refractivity contribution in [3.05, 3.63) is 30.3 Å². The highest BCUT2D eigenvalue weighted by Gasteiger charge is 2.11. The van der Waals surface area contributed by atoms with E-state index >= 15 is 0 Å². The van der Waals surface area contributed by atoms with Gasteiger partial charge in [-0.2, -0.15) is 0 Å². The monoisotopic (exact) mass is 256 g/mol. The fourth-order valence-electron chi connectivity index (χ4n) is 1.48. The van der Waals surface area contributed by atoms with Gasteiger partial charge in [-0.3, -0.25) is 4.21 Å². The van der Waals surface area contributed by atoms with Gasteiger partial charge in [-0.1, -0.05) is 18.2 Å². The van der Waals surface area contributed by atoms with Gasteiger partial charge in [0.2, 0.25) is 0 Å². The molecular weight excluding hydrogens is 236 g/mol. The van der Waals surface area contributed by atoms with Gasteiger partial charge in [0.15, 0.2) is 6.29 Å². The lowest BCUT2D eigenvalue weighted by atomic mass is 10.4. The summed E-state index contributed by atoms with van der Waals surface area (Å²) in [5.41, 5.74) is 0. The third kappa shape index (κ3) is 5.44. The summed E-state index contributed by atoms with van der Waals surface area (Å²) < 4.78 is 22.8. The molecule has 0 saturated carbocycles. The molecule has 96 valence electrons. The lowest BCUT2D eigenvalue weighted by Gasteiger charge is -2.16. The molecule has 1 aromatic rings. The standard InChI is InChI=1S/C13H20O3S/c1-3-15-13(16-4-2)10-11-17(14)12-8-6-5-7-9-12/h5-9,13H,3-4,10-11H2,1-2H3. The first-order valence-corrected chi connectivity index (χ1v) is 7.26. The maximum atomic E-state index is 12.0. The number of rotatable bonds is 8. The summed E-state index contributed by atoms with van der Waals surface area (Å²) in [6.07, 6.45) is 0.418. The topological polar surface area (TPSA) is 35.5 Å². The molecule has 1 rings (SSSR count). The van der Waals surface area contributed by atoms with Crippen molar-refractivity contribution in [2.24, 2.45) is 0 Å². The minimum absolute atomic E-state index is 0.238. The predicted molar refractivity (Wildman–Crippen MR) is 69.4 cm³/mol. The zero-order valence-electron chi connectivity index (χ0n) is 10.4. The van der Waals surface area contributed by atoms with E-state index in [4.69, 9.17) is 9.47 Å². The van der Waals surface area contributed by atoms with Gasteiger partial charge in [0.1, 0.15) is 0 Å². The van der Waals surface area contributed by atoms with Gasteiger partial charge in [-0.15, -0.1) is 0 Å². The maximum absolute atomic E-state index is 12.0. The van der Waals surface area contributed by atoms with Crippen molar-refractivity contribution in [2.75, 3.05) is 19.0 Å². The molecule has 0 N–H and O–H groups in total. The summed E-state index contributed by atoms with van der Waals surface area (Å²) >= 11 is 0. The van der Waals surface area contributed by atoms with Crippen LogP contribution in [0.4, 0.5) is 0 Å². The van der Waals surface area contributed by atoms with Crippen LogP contribution in [-0.2, 0) is 20.3 Å². The molecule has 0 aliphatic heterocycles. The van der Waals surface area contributed by atoms with Crippen LogP contribution in [0.1, 0.15) is 20.3 Å². The first kappa shape index (κ1) is 14.4. The SMILES string of the molecule is CCOC(CCS(=O)c1ccccc1)OCC. The van der Waals surface area contributed by atoms with E-state index in [-0.39, 0.29) is 6.29 Å². The van der Waals surface area contributed by atoms with Crippen LogP contribution in [0.2, 0.25) is 0 Å². The molecule has 0 saturated heterocycles. The van der Waals surface area contributed by atoms with Crippen molar-refractivity contribution in [3.63, 3.8) is 0 Å². The Bertz CT molecular complexity index is 321. The molecule has 4 heteroatoms. The second-order valence-electron chi connectivity index (χ2n) is 3.49. The highest BCUT2D eigenvalue weighted by atomic mass is 32.2. The van der Waals surface area contributed by atoms with Gasteiger partial charge < -0.3 is 9.47 Å². The second-order valence-corrected chi connectivity index (χ2v) is 5.06. The lowest BCUT2D eigenvalue weighted by molar-refractivity contribution is -0.136. The minimum Gasteiger partial charge on any atom is -0.353 e. The third-order valence-electron chi connectivity index (χ3n) is 2.25. The molecule has 0 aromatic heterocycles. The maximum Gasteiger partial charge on any atom is 0.158 e. The molecule has 0 radical (unpaired) electrons. The van der Waals surface area contributed by atoms with Gasteiger partial charge in [-0.25, -0.2) is 0 Å². The molecule has 0 heterocycles. The van der Waals surface area contributed by atoms with Crippen LogP contribution in [0.3, 0.4) is 0 Å². The van der Waals surface area contributed by atoms with Crippen LogP contribution < -0.4 is 0 Å². The van der Waals surface area contributed by atoms with E-state index in [9.17, 15) is 4.21 Å². The Morgan fingerprint density at radius 2 is 1.71 bits per heavy atom. The third-order valence-corrected chi connectivity index (χ3v) is 3.65. The number of hydrogen-bond donors (Lipinski definition) is 0. The summed E-state index contributed by atoms with van der Waals surface area (Å²) in [4.78, 5) is 0.860. The van der Waals surface area contributed by atoms with Crippen molar-refractivity contribution >= 4 is 10.8 Å². The lowest BCUT2D eigenvalue weighted by Crippen LogP contribution is -2.20. The second kappa shape index (κ2) is 8.39. The molecule has 1 unspecified atom stereocenters. The number of benzene rings is 1. The van der Waals surface area contributed by atoms with Crippen molar-refractivity contribution in [1.82, 2.24) is 0 Å². The smallest absolute Gasteiger partial charge is 0.158 e. The summed E-state index contributed by atoms with van der Waals surface area (Å²) in [6.45, 7) is 5.09. The van der Waals surface area contributed by atoms with Gasteiger partial charge >= 0.3 is 0 Å². The molecular formula is C13H20O3S. The minimum atomic E-state index is -0.971. The first-order chi connectivity index (χ1) is 8.27. The van der Waals surface area contributed by atoms with Crippen LogP contribution in [0, 0.1) is 0 Å². The molecule has 17 heavy (non-hydrogen) atoms. The molecule has 0 amide bonds. The molecule has 1 aromatic carbocycles. The van der Waals surface area contributed by atoms with Crippen LogP contribution in [0.15, 0.2) is 35.2 Å². The van der Waals surface area contributed by atoms with E-state index in [0.29, 0.717) is 25.4 Å². The van der Waals surface area contributed by atoms with E-state index < -0.39 is 10.8 Å². The Morgan fingerprint density at radius 3 is 2.24 bits per heavy atom. The zero-order valence-corrected chi connectivity index (χ0v) is 11.2. The number of ether oxygens (including phenoxy) is 2. The number of hydrogen-bond acceptors (Lipinski definition) is 3. The Kier molecular flexibility index (Phi) is 7.08. The summed E-state index contributed by atoms with van der Waals surface area (Å²) in [5.74, 6) is 0.564. The quantitative estimate of drug-likeness (QED) is 0.671. The Balaban J connectivity index is 2.41. The van der Waals surface area contributed by atoms with E-state index in [1.807, 2.05) is 44.2 Å². The van der Waals surface area contributed by atoms with Crippen LogP contribution in [-0.4, -0.2) is 29.5 Å². The van der Waals surface area contributed by atoms with E-state index in [0.717, 1.165) is 4.90 Å². The van der Waals surface area contributed by atoms with Crippen LogP contribution in [0.5, 0.6) is 0 Å². The molecule has 1 atom stereocenters. The molecule has 3 nitrogen and oxygen atoms in total. The van der Waals surface area contributed by atoms with Crippen LogP contribution in [0.25, 0.3) is 0 Å². The Morgan fingerprint density at radius 1 is 1.12 bits per heavy atom. The Hall–Kier alpha value is -0.710. The van der Waals surface area contributed by atoms with Gasteiger partial charge in [0.25, 0.3) is 0 Å². The Labute approximate surface area is 106 Å². The fourth-order valence-corrected chi connectivity index (χ4v) is 2.58. The van der Waals surface area contributed by atoms with E-state index in [2.05, 4.69) is 0 Å². The van der Waals surface area contributed by atoms with Crippen LogP contribution >= 0.6 is 0 Å². The fraction of sp³-hybridized carbons (Fsp3) is 0.538. The summed E-state index contributed by atoms with van der Waals surface area (Å²) in [5, 5.41) is 0. The van der Waals surface area contributed by atoms with E-state index in [1.165, 1.54) is 0 Å². The molecule has 0 aliphatic carbocycles. The molecule has 0 aliphatic rings. The predicted octanol–water partition coefficient (Wildman–Crippen LogP) is 2.58. The van der Waals surface area contributed by atoms with Crippen molar-refractivity contribution in [1.29, 1.82) is 0 Å². The normalized spacial score (nSPS) is 12.9. The van der Waals surface area contributed by atoms with E-state index in [1.54, 1.807) is 0 Å². The average Bonchev–Trinajstić information content (AvgIpc) is 2.37.